The summed E-state index contributed by atoms with van der Waals surface area (Å²) < 4.78 is 32.9. The average molecular weight is 553 g/mol. The minimum Gasteiger partial charge on any atom is -0.493 e. The highest BCUT2D eigenvalue weighted by molar-refractivity contribution is 7.91. The van der Waals surface area contributed by atoms with E-state index in [-0.39, 0.29) is 11.1 Å². The Morgan fingerprint density at radius 3 is 2.66 bits per heavy atom. The lowest BCUT2D eigenvalue weighted by Crippen LogP contribution is -2.43. The molecule has 0 spiro atoms. The number of fused-ring (bicyclic) bond motifs is 3. The van der Waals surface area contributed by atoms with Gasteiger partial charge in [-0.25, -0.2) is 13.4 Å². The normalized spacial score (nSPS) is 23.1. The van der Waals surface area contributed by atoms with Crippen LogP contribution in [0.2, 0.25) is 5.02 Å². The fourth-order valence-corrected chi connectivity index (χ4v) is 8.33. The maximum atomic E-state index is 13.5. The average Bonchev–Trinajstić information content (AvgIpc) is 3.42. The molecule has 4 aromatic rings. The summed E-state index contributed by atoms with van der Waals surface area (Å²) >= 11 is 5.96. The standard InChI is InChI=1S/C29H33ClN4O3S/c30-22-5-7-23(8-6-22)37-18-20-2-1-15-34(17-20)19-38(35,36)24-9-3-21(4-10-24)25-11-13-31-27-16-33-29-26(28(25)27)12-14-32-29/h5-8,11-14,16,20-21,24H,1-4,9-10,15,17-19H2,(H,32,33). The summed E-state index contributed by atoms with van der Waals surface area (Å²) in [5, 5.41) is 2.64. The van der Waals surface area contributed by atoms with Crippen molar-refractivity contribution in [3.63, 3.8) is 0 Å². The molecule has 0 amide bonds. The fraction of sp³-hybridized carbons (Fsp3) is 0.448. The molecule has 1 saturated carbocycles. The van der Waals surface area contributed by atoms with Gasteiger partial charge in [-0.2, -0.15) is 0 Å². The second kappa shape index (κ2) is 10.8. The molecule has 2 fully saturated rings. The zero-order valence-corrected chi connectivity index (χ0v) is 22.9. The van der Waals surface area contributed by atoms with Crippen LogP contribution in [0.1, 0.15) is 50.0 Å². The van der Waals surface area contributed by atoms with E-state index in [0.717, 1.165) is 66.5 Å². The van der Waals surface area contributed by atoms with Crippen LogP contribution in [0.5, 0.6) is 5.75 Å². The van der Waals surface area contributed by atoms with E-state index in [4.69, 9.17) is 16.3 Å². The van der Waals surface area contributed by atoms with Crippen LogP contribution in [0, 0.1) is 5.92 Å². The van der Waals surface area contributed by atoms with Crippen LogP contribution >= 0.6 is 11.6 Å². The van der Waals surface area contributed by atoms with Gasteiger partial charge in [-0.15, -0.1) is 0 Å². The molecule has 1 aliphatic heterocycles. The van der Waals surface area contributed by atoms with Gasteiger partial charge in [0, 0.05) is 40.7 Å². The summed E-state index contributed by atoms with van der Waals surface area (Å²) in [6.45, 7) is 2.18. The van der Waals surface area contributed by atoms with E-state index >= 15 is 0 Å². The van der Waals surface area contributed by atoms with Gasteiger partial charge in [-0.3, -0.25) is 9.88 Å². The predicted molar refractivity (Wildman–Crippen MR) is 151 cm³/mol. The Morgan fingerprint density at radius 2 is 1.84 bits per heavy atom. The predicted octanol–water partition coefficient (Wildman–Crippen LogP) is 5.95. The number of benzene rings is 1. The van der Waals surface area contributed by atoms with Crippen molar-refractivity contribution in [2.24, 2.45) is 5.92 Å². The summed E-state index contributed by atoms with van der Waals surface area (Å²) in [6.07, 6.45) is 10.8. The molecule has 1 unspecified atom stereocenters. The Bertz CT molecular complexity index is 1510. The summed E-state index contributed by atoms with van der Waals surface area (Å²) in [4.78, 5) is 14.3. The zero-order chi connectivity index (χ0) is 26.1. The Hall–Kier alpha value is -2.68. The van der Waals surface area contributed by atoms with E-state index in [2.05, 4.69) is 32.0 Å². The van der Waals surface area contributed by atoms with Crippen molar-refractivity contribution in [1.82, 2.24) is 19.9 Å². The lowest BCUT2D eigenvalue weighted by Gasteiger charge is -2.35. The largest absolute Gasteiger partial charge is 0.493 e. The summed E-state index contributed by atoms with van der Waals surface area (Å²) in [5.41, 5.74) is 3.02. The number of nitrogens with zero attached hydrogens (tertiary/aromatic N) is 3. The number of piperidine rings is 1. The Labute approximate surface area is 228 Å². The molecule has 1 saturated heterocycles. The Morgan fingerprint density at radius 1 is 1.03 bits per heavy atom. The van der Waals surface area contributed by atoms with Crippen molar-refractivity contribution >= 4 is 43.4 Å². The second-order valence-corrected chi connectivity index (χ2v) is 13.5. The number of ether oxygens (including phenoxy) is 1. The number of aromatic amines is 1. The van der Waals surface area contributed by atoms with Crippen molar-refractivity contribution in [3.8, 4) is 5.75 Å². The van der Waals surface area contributed by atoms with Crippen molar-refractivity contribution in [2.45, 2.75) is 49.7 Å². The molecule has 4 heterocycles. The van der Waals surface area contributed by atoms with E-state index in [9.17, 15) is 8.42 Å². The molecule has 1 atom stereocenters. The SMILES string of the molecule is O=S(=O)(CN1CCCC(COc2ccc(Cl)cc2)C1)C1CCC(c2ccnc3cnc4[nH]ccc4c23)CC1. The number of nitrogens with one attached hydrogen (secondary N) is 1. The third kappa shape index (κ3) is 5.40. The number of H-pyrrole nitrogens is 1. The number of rotatable bonds is 7. The van der Waals surface area contributed by atoms with Crippen LogP contribution in [0.3, 0.4) is 0 Å². The van der Waals surface area contributed by atoms with Gasteiger partial charge in [0.2, 0.25) is 0 Å². The van der Waals surface area contributed by atoms with Gasteiger partial charge in [0.15, 0.2) is 9.84 Å². The van der Waals surface area contributed by atoms with Crippen molar-refractivity contribution in [2.75, 3.05) is 25.6 Å². The first-order valence-electron chi connectivity index (χ1n) is 13.5. The Kier molecular flexibility index (Phi) is 7.29. The highest BCUT2D eigenvalue weighted by Crippen LogP contribution is 2.40. The van der Waals surface area contributed by atoms with Gasteiger partial charge in [-0.05, 0) is 92.9 Å². The number of halogens is 1. The maximum absolute atomic E-state index is 13.5. The van der Waals surface area contributed by atoms with Gasteiger partial charge >= 0.3 is 0 Å². The number of aromatic nitrogens is 3. The molecule has 6 rings (SSSR count). The molecule has 0 bridgehead atoms. The van der Waals surface area contributed by atoms with E-state index in [1.54, 1.807) is 0 Å². The van der Waals surface area contributed by atoms with E-state index in [0.29, 0.717) is 36.3 Å². The minimum atomic E-state index is -3.21. The number of hydrogen-bond acceptors (Lipinski definition) is 6. The molecule has 1 N–H and O–H groups in total. The van der Waals surface area contributed by atoms with Crippen LogP contribution in [0.4, 0.5) is 0 Å². The number of sulfone groups is 1. The van der Waals surface area contributed by atoms with Crippen molar-refractivity contribution < 1.29 is 13.2 Å². The fourth-order valence-electron chi connectivity index (χ4n) is 6.26. The van der Waals surface area contributed by atoms with E-state index in [1.165, 1.54) is 5.56 Å². The van der Waals surface area contributed by atoms with Gasteiger partial charge < -0.3 is 9.72 Å². The lowest BCUT2D eigenvalue weighted by molar-refractivity contribution is 0.144. The second-order valence-electron chi connectivity index (χ2n) is 10.8. The molecular weight excluding hydrogens is 520 g/mol. The third-order valence-electron chi connectivity index (χ3n) is 8.21. The number of pyridine rings is 2. The molecule has 38 heavy (non-hydrogen) atoms. The van der Waals surface area contributed by atoms with Gasteiger partial charge in [0.1, 0.15) is 17.3 Å². The number of hydrogen-bond donors (Lipinski definition) is 1. The monoisotopic (exact) mass is 552 g/mol. The Balaban J connectivity index is 1.07. The lowest BCUT2D eigenvalue weighted by atomic mass is 9.82. The van der Waals surface area contributed by atoms with Crippen LogP contribution in [-0.4, -0.2) is 59.1 Å². The summed E-state index contributed by atoms with van der Waals surface area (Å²) in [6, 6.07) is 11.5. The number of likely N-dealkylation sites (tertiary alicyclic amines) is 1. The first-order chi connectivity index (χ1) is 18.5. The van der Waals surface area contributed by atoms with Crippen molar-refractivity contribution in [3.05, 3.63) is 65.6 Å². The molecule has 1 aliphatic carbocycles. The maximum Gasteiger partial charge on any atom is 0.166 e. The smallest absolute Gasteiger partial charge is 0.166 e. The first kappa shape index (κ1) is 25.6. The van der Waals surface area contributed by atoms with E-state index in [1.807, 2.05) is 42.9 Å². The highest BCUT2D eigenvalue weighted by atomic mass is 35.5. The van der Waals surface area contributed by atoms with Crippen LogP contribution < -0.4 is 4.74 Å². The quantitative estimate of drug-likeness (QED) is 0.304. The molecule has 3 aromatic heterocycles. The molecule has 0 radical (unpaired) electrons. The summed E-state index contributed by atoms with van der Waals surface area (Å²) in [5.74, 6) is 1.60. The minimum absolute atomic E-state index is 0.146. The van der Waals surface area contributed by atoms with Gasteiger partial charge in [0.25, 0.3) is 0 Å². The topological polar surface area (TPSA) is 88.2 Å². The van der Waals surface area contributed by atoms with Crippen LogP contribution in [0.15, 0.2) is 55.0 Å². The van der Waals surface area contributed by atoms with Gasteiger partial charge in [0.05, 0.1) is 23.6 Å². The third-order valence-corrected chi connectivity index (χ3v) is 10.7. The molecule has 200 valence electrons. The summed E-state index contributed by atoms with van der Waals surface area (Å²) in [7, 11) is -3.21. The molecular formula is C29H33ClN4O3S. The van der Waals surface area contributed by atoms with Crippen LogP contribution in [0.25, 0.3) is 21.9 Å². The van der Waals surface area contributed by atoms with E-state index < -0.39 is 9.84 Å². The first-order valence-corrected chi connectivity index (χ1v) is 15.6. The molecule has 9 heteroatoms. The van der Waals surface area contributed by atoms with Gasteiger partial charge in [-0.1, -0.05) is 11.6 Å². The molecule has 1 aromatic carbocycles. The molecule has 7 nitrogen and oxygen atoms in total. The zero-order valence-electron chi connectivity index (χ0n) is 21.4. The van der Waals surface area contributed by atoms with Crippen LogP contribution in [-0.2, 0) is 9.84 Å². The van der Waals surface area contributed by atoms with Crippen molar-refractivity contribution in [1.29, 1.82) is 0 Å². The molecule has 2 aliphatic rings. The highest BCUT2D eigenvalue weighted by Gasteiger charge is 2.34.